The van der Waals surface area contributed by atoms with Crippen molar-refractivity contribution < 1.29 is 0 Å². The molecule has 0 amide bonds. The van der Waals surface area contributed by atoms with Gasteiger partial charge in [-0.2, -0.15) is 16.9 Å². The second-order valence-electron chi connectivity index (χ2n) is 4.79. The summed E-state index contributed by atoms with van der Waals surface area (Å²) in [5.74, 6) is 6.70. The van der Waals surface area contributed by atoms with Gasteiger partial charge in [0.05, 0.1) is 5.69 Å². The highest BCUT2D eigenvalue weighted by Gasteiger charge is 2.18. The molecule has 3 N–H and O–H groups in total. The van der Waals surface area contributed by atoms with Crippen molar-refractivity contribution >= 4 is 11.8 Å². The average Bonchev–Trinajstić information content (AvgIpc) is 2.96. The third-order valence-electron chi connectivity index (χ3n) is 3.30. The molecule has 0 aliphatic heterocycles. The largest absolute Gasteiger partial charge is 0.276 e. The number of hydrogen-bond donors (Lipinski definition) is 2. The Morgan fingerprint density at radius 2 is 2.35 bits per heavy atom. The van der Waals surface area contributed by atoms with Crippen molar-refractivity contribution in [2.75, 3.05) is 5.75 Å². The van der Waals surface area contributed by atoms with Gasteiger partial charge in [-0.3, -0.25) is 16.0 Å². The number of nitrogens with one attached hydrogen (secondary N) is 1. The van der Waals surface area contributed by atoms with E-state index in [2.05, 4.69) is 28.4 Å². The molecule has 0 radical (unpaired) electrons. The Kier molecular flexibility index (Phi) is 4.88. The zero-order valence-electron chi connectivity index (χ0n) is 10.4. The summed E-state index contributed by atoms with van der Waals surface area (Å²) in [5, 5.41) is 5.25. The highest BCUT2D eigenvalue weighted by molar-refractivity contribution is 7.99. The average molecular weight is 254 g/mol. The van der Waals surface area contributed by atoms with Crippen LogP contribution in [0.3, 0.4) is 0 Å². The summed E-state index contributed by atoms with van der Waals surface area (Å²) in [6, 6.07) is 2.39. The zero-order valence-corrected chi connectivity index (χ0v) is 11.2. The summed E-state index contributed by atoms with van der Waals surface area (Å²) in [4.78, 5) is 0. The summed E-state index contributed by atoms with van der Waals surface area (Å²) < 4.78 is 1.84. The van der Waals surface area contributed by atoms with Gasteiger partial charge in [0.1, 0.15) is 0 Å². The van der Waals surface area contributed by atoms with Crippen LogP contribution in [-0.4, -0.2) is 26.8 Å². The molecule has 1 atom stereocenters. The van der Waals surface area contributed by atoms with E-state index in [4.69, 9.17) is 5.84 Å². The van der Waals surface area contributed by atoms with Gasteiger partial charge in [-0.05, 0) is 18.9 Å². The lowest BCUT2D eigenvalue weighted by molar-refractivity contribution is 0.563. The van der Waals surface area contributed by atoms with E-state index in [-0.39, 0.29) is 0 Å². The Labute approximate surface area is 107 Å². The van der Waals surface area contributed by atoms with E-state index < -0.39 is 0 Å². The highest BCUT2D eigenvalue weighted by Crippen LogP contribution is 2.29. The molecule has 1 aromatic rings. The predicted octanol–water partition coefficient (Wildman–Crippen LogP) is 1.47. The Morgan fingerprint density at radius 1 is 1.59 bits per heavy atom. The molecule has 0 aromatic carbocycles. The molecule has 2 rings (SSSR count). The Bertz CT molecular complexity index is 333. The molecule has 1 fully saturated rings. The van der Waals surface area contributed by atoms with Crippen molar-refractivity contribution in [2.24, 2.45) is 12.9 Å². The number of thioether (sulfide) groups is 1. The van der Waals surface area contributed by atoms with Crippen molar-refractivity contribution in [3.05, 3.63) is 18.0 Å². The lowest BCUT2D eigenvalue weighted by Gasteiger charge is -2.16. The third-order valence-corrected chi connectivity index (χ3v) is 4.83. The first-order valence-electron chi connectivity index (χ1n) is 6.34. The maximum Gasteiger partial charge on any atom is 0.0640 e. The van der Waals surface area contributed by atoms with Crippen LogP contribution >= 0.6 is 11.8 Å². The van der Waals surface area contributed by atoms with Gasteiger partial charge < -0.3 is 0 Å². The fourth-order valence-electron chi connectivity index (χ4n) is 2.30. The molecule has 1 unspecified atom stereocenters. The van der Waals surface area contributed by atoms with Gasteiger partial charge >= 0.3 is 0 Å². The molecular weight excluding hydrogens is 232 g/mol. The van der Waals surface area contributed by atoms with Crippen LogP contribution in [0, 0.1) is 0 Å². The Balaban J connectivity index is 1.75. The molecule has 4 nitrogen and oxygen atoms in total. The van der Waals surface area contributed by atoms with Crippen LogP contribution in [0.4, 0.5) is 0 Å². The van der Waals surface area contributed by atoms with E-state index in [1.165, 1.54) is 25.7 Å². The number of hydrogen-bond acceptors (Lipinski definition) is 4. The molecule has 1 saturated carbocycles. The number of nitrogens with zero attached hydrogens (tertiary/aromatic N) is 2. The second kappa shape index (κ2) is 6.42. The van der Waals surface area contributed by atoms with Gasteiger partial charge in [0.15, 0.2) is 0 Å². The summed E-state index contributed by atoms with van der Waals surface area (Å²) in [5.41, 5.74) is 4.03. The SMILES string of the molecule is Cn1ccc(CC(CSC2CCCC2)NN)n1. The zero-order chi connectivity index (χ0) is 12.1. The van der Waals surface area contributed by atoms with Crippen molar-refractivity contribution in [2.45, 2.75) is 43.4 Å². The second-order valence-corrected chi connectivity index (χ2v) is 6.12. The van der Waals surface area contributed by atoms with Crippen molar-refractivity contribution in [3.63, 3.8) is 0 Å². The lowest BCUT2D eigenvalue weighted by Crippen LogP contribution is -2.39. The minimum absolute atomic E-state index is 0.329. The van der Waals surface area contributed by atoms with E-state index in [9.17, 15) is 0 Å². The summed E-state index contributed by atoms with van der Waals surface area (Å²) in [6.45, 7) is 0. The maximum atomic E-state index is 5.61. The van der Waals surface area contributed by atoms with Crippen molar-refractivity contribution in [1.29, 1.82) is 0 Å². The van der Waals surface area contributed by atoms with Gasteiger partial charge in [0.25, 0.3) is 0 Å². The minimum atomic E-state index is 0.329. The number of aryl methyl sites for hydroxylation is 1. The standard InChI is InChI=1S/C12H22N4S/c1-16-7-6-10(15-16)8-11(14-13)9-17-12-4-2-3-5-12/h6-7,11-12,14H,2-5,8-9,13H2,1H3. The van der Waals surface area contributed by atoms with E-state index in [0.717, 1.165) is 23.1 Å². The van der Waals surface area contributed by atoms with E-state index >= 15 is 0 Å². The first-order valence-corrected chi connectivity index (χ1v) is 7.39. The van der Waals surface area contributed by atoms with Crippen LogP contribution in [0.15, 0.2) is 12.3 Å². The first-order chi connectivity index (χ1) is 8.28. The third kappa shape index (κ3) is 4.01. The molecule has 1 aliphatic rings. The van der Waals surface area contributed by atoms with Crippen molar-refractivity contribution in [3.8, 4) is 0 Å². The number of rotatable bonds is 6. The molecule has 96 valence electrons. The number of aromatic nitrogens is 2. The molecule has 1 aromatic heterocycles. The van der Waals surface area contributed by atoms with Crippen molar-refractivity contribution in [1.82, 2.24) is 15.2 Å². The van der Waals surface area contributed by atoms with E-state index in [1.54, 1.807) is 0 Å². The lowest BCUT2D eigenvalue weighted by atomic mass is 10.2. The van der Waals surface area contributed by atoms with Gasteiger partial charge in [-0.1, -0.05) is 12.8 Å². The smallest absolute Gasteiger partial charge is 0.0640 e. The van der Waals surface area contributed by atoms with Crippen LogP contribution in [0.25, 0.3) is 0 Å². The molecule has 1 aliphatic carbocycles. The monoisotopic (exact) mass is 254 g/mol. The van der Waals surface area contributed by atoms with Crippen LogP contribution < -0.4 is 11.3 Å². The number of nitrogens with two attached hydrogens (primary N) is 1. The molecule has 17 heavy (non-hydrogen) atoms. The molecule has 0 spiro atoms. The highest BCUT2D eigenvalue weighted by atomic mass is 32.2. The van der Waals surface area contributed by atoms with Gasteiger partial charge in [0, 0.05) is 36.7 Å². The van der Waals surface area contributed by atoms with Crippen LogP contribution in [0.1, 0.15) is 31.4 Å². The predicted molar refractivity (Wildman–Crippen MR) is 72.7 cm³/mol. The number of hydrazine groups is 1. The Morgan fingerprint density at radius 3 is 2.94 bits per heavy atom. The van der Waals surface area contributed by atoms with E-state index in [0.29, 0.717) is 6.04 Å². The molecule has 0 bridgehead atoms. The van der Waals surface area contributed by atoms with E-state index in [1.807, 2.05) is 17.9 Å². The maximum absolute atomic E-state index is 5.61. The first kappa shape index (κ1) is 12.9. The summed E-state index contributed by atoms with van der Waals surface area (Å²) in [6.07, 6.45) is 8.46. The molecular formula is C12H22N4S. The fourth-order valence-corrected chi connectivity index (χ4v) is 3.68. The molecule has 1 heterocycles. The van der Waals surface area contributed by atoms with Gasteiger partial charge in [0.2, 0.25) is 0 Å². The topological polar surface area (TPSA) is 55.9 Å². The van der Waals surface area contributed by atoms with Gasteiger partial charge in [-0.25, -0.2) is 0 Å². The van der Waals surface area contributed by atoms with Crippen LogP contribution in [0.2, 0.25) is 0 Å². The van der Waals surface area contributed by atoms with Crippen LogP contribution in [-0.2, 0) is 13.5 Å². The van der Waals surface area contributed by atoms with Gasteiger partial charge in [-0.15, -0.1) is 0 Å². The minimum Gasteiger partial charge on any atom is -0.276 e. The quantitative estimate of drug-likeness (QED) is 0.596. The normalized spacial score (nSPS) is 18.7. The molecule has 5 heteroatoms. The summed E-state index contributed by atoms with van der Waals surface area (Å²) in [7, 11) is 1.95. The summed E-state index contributed by atoms with van der Waals surface area (Å²) >= 11 is 2.07. The van der Waals surface area contributed by atoms with Crippen LogP contribution in [0.5, 0.6) is 0 Å². The molecule has 0 saturated heterocycles. The Hall–Kier alpha value is -0.520. The fraction of sp³-hybridized carbons (Fsp3) is 0.750.